The first-order valence-electron chi connectivity index (χ1n) is 15.8. The number of hydrogen-bond acceptors (Lipinski definition) is 7. The van der Waals surface area contributed by atoms with Gasteiger partial charge in [0.1, 0.15) is 11.2 Å². The lowest BCUT2D eigenvalue weighted by Gasteiger charge is -2.33. The number of amides is 3. The Morgan fingerprint density at radius 3 is 2.63 bits per heavy atom. The molecule has 46 heavy (non-hydrogen) atoms. The number of hydrazine groups is 1. The molecule has 12 nitrogen and oxygen atoms in total. The fraction of sp³-hybridized carbons (Fsp3) is 0.485. The second-order valence-electron chi connectivity index (χ2n) is 13.2. The standard InChI is InChI=1S/C33H40BrN7O5/c1-33(2,3)46-32(44)40(17-21-7-6-8-21)19-22-10-11-28-36-24(20-39(28)18-22)15-29(42)37-38-31(43)25-13-23(34)14-27-26(25)16-35-41(27)30-9-4-5-12-45-30/h10-11,13-14,16,18,20-21,30H,4-9,12,15,17,19H2,1-3H3,(H,37,42)(H,38,43). The highest BCUT2D eigenvalue weighted by molar-refractivity contribution is 9.10. The molecule has 1 aromatic carbocycles. The van der Waals surface area contributed by atoms with Gasteiger partial charge in [-0.25, -0.2) is 14.5 Å². The maximum absolute atomic E-state index is 13.2. The SMILES string of the molecule is CC(C)(C)OC(=O)N(Cc1ccc2nc(CC(=O)NNC(=O)c3cc(Br)cc4c3cnn4C3CCCCO3)cn2c1)CC1CCC1. The molecule has 1 aliphatic carbocycles. The maximum atomic E-state index is 13.2. The minimum atomic E-state index is -0.574. The first-order valence-corrected chi connectivity index (χ1v) is 16.6. The number of ether oxygens (including phenoxy) is 2. The van der Waals surface area contributed by atoms with Crippen LogP contribution in [0, 0.1) is 5.92 Å². The van der Waals surface area contributed by atoms with Crippen molar-refractivity contribution in [2.24, 2.45) is 5.92 Å². The number of carbonyl (C=O) groups is 3. The van der Waals surface area contributed by atoms with Crippen LogP contribution in [-0.2, 0) is 27.2 Å². The van der Waals surface area contributed by atoms with Gasteiger partial charge in [-0.3, -0.25) is 20.4 Å². The van der Waals surface area contributed by atoms with Crippen LogP contribution < -0.4 is 10.9 Å². The van der Waals surface area contributed by atoms with Crippen molar-refractivity contribution in [1.82, 2.24) is 34.9 Å². The molecule has 3 amide bonds. The zero-order valence-electron chi connectivity index (χ0n) is 26.4. The van der Waals surface area contributed by atoms with Crippen LogP contribution in [0.1, 0.15) is 87.1 Å². The topological polar surface area (TPSA) is 132 Å². The van der Waals surface area contributed by atoms with Gasteiger partial charge < -0.3 is 18.8 Å². The number of aromatic nitrogens is 4. The largest absolute Gasteiger partial charge is 0.444 e. The van der Waals surface area contributed by atoms with Gasteiger partial charge in [-0.1, -0.05) is 28.4 Å². The van der Waals surface area contributed by atoms with Gasteiger partial charge in [-0.2, -0.15) is 5.10 Å². The van der Waals surface area contributed by atoms with E-state index in [4.69, 9.17) is 9.47 Å². The fourth-order valence-corrected chi connectivity index (χ4v) is 6.30. The molecule has 1 saturated heterocycles. The highest BCUT2D eigenvalue weighted by atomic mass is 79.9. The third-order valence-electron chi connectivity index (χ3n) is 8.30. The monoisotopic (exact) mass is 693 g/mol. The normalized spacial score (nSPS) is 17.1. The zero-order chi connectivity index (χ0) is 32.4. The smallest absolute Gasteiger partial charge is 0.410 e. The van der Waals surface area contributed by atoms with Crippen LogP contribution in [0.4, 0.5) is 4.79 Å². The third kappa shape index (κ3) is 7.52. The number of carbonyl (C=O) groups excluding carboxylic acids is 3. The van der Waals surface area contributed by atoms with E-state index in [-0.39, 0.29) is 18.7 Å². The van der Waals surface area contributed by atoms with Crippen molar-refractivity contribution in [2.75, 3.05) is 13.2 Å². The van der Waals surface area contributed by atoms with Crippen molar-refractivity contribution in [1.29, 1.82) is 0 Å². The lowest BCUT2D eigenvalue weighted by atomic mass is 9.85. The van der Waals surface area contributed by atoms with Crippen LogP contribution in [0.3, 0.4) is 0 Å². The van der Waals surface area contributed by atoms with Gasteiger partial charge in [0.2, 0.25) is 5.91 Å². The molecular weight excluding hydrogens is 654 g/mol. The molecule has 4 heterocycles. The predicted octanol–water partition coefficient (Wildman–Crippen LogP) is 5.69. The summed E-state index contributed by atoms with van der Waals surface area (Å²) in [6.45, 7) is 7.37. The summed E-state index contributed by atoms with van der Waals surface area (Å²) in [6, 6.07) is 7.42. The molecular formula is C33H40BrN7O5. The van der Waals surface area contributed by atoms with Crippen LogP contribution in [0.25, 0.3) is 16.6 Å². The lowest BCUT2D eigenvalue weighted by Crippen LogP contribution is -2.42. The Morgan fingerprint density at radius 2 is 1.91 bits per heavy atom. The minimum Gasteiger partial charge on any atom is -0.444 e. The van der Waals surface area contributed by atoms with Crippen molar-refractivity contribution < 1.29 is 23.9 Å². The number of fused-ring (bicyclic) bond motifs is 2. The molecule has 0 radical (unpaired) electrons. The van der Waals surface area contributed by atoms with Gasteiger partial charge in [0, 0.05) is 35.4 Å². The number of pyridine rings is 1. The number of nitrogens with zero attached hydrogens (tertiary/aromatic N) is 5. The first kappa shape index (κ1) is 32.0. The molecule has 0 spiro atoms. The van der Waals surface area contributed by atoms with E-state index in [0.717, 1.165) is 47.7 Å². The molecule has 13 heteroatoms. The third-order valence-corrected chi connectivity index (χ3v) is 8.76. The molecule has 2 fully saturated rings. The lowest BCUT2D eigenvalue weighted by molar-refractivity contribution is -0.121. The Hall–Kier alpha value is -3.97. The highest BCUT2D eigenvalue weighted by Gasteiger charge is 2.28. The number of hydrogen-bond donors (Lipinski definition) is 2. The molecule has 2 N–H and O–H groups in total. The van der Waals surface area contributed by atoms with E-state index in [9.17, 15) is 14.4 Å². The molecule has 2 aliphatic rings. The second kappa shape index (κ2) is 13.4. The average molecular weight is 695 g/mol. The molecule has 0 bridgehead atoms. The molecule has 1 saturated carbocycles. The van der Waals surface area contributed by atoms with Crippen molar-refractivity contribution >= 4 is 50.4 Å². The van der Waals surface area contributed by atoms with Gasteiger partial charge >= 0.3 is 6.09 Å². The molecule has 3 aromatic heterocycles. The van der Waals surface area contributed by atoms with Crippen molar-refractivity contribution in [3.8, 4) is 0 Å². The number of imidazole rings is 1. The van der Waals surface area contributed by atoms with E-state index in [2.05, 4.69) is 36.9 Å². The van der Waals surface area contributed by atoms with Gasteiger partial charge in [-0.05, 0) is 82.6 Å². The van der Waals surface area contributed by atoms with Gasteiger partial charge in [0.05, 0.1) is 35.9 Å². The Kier molecular flexibility index (Phi) is 9.32. The van der Waals surface area contributed by atoms with E-state index in [1.807, 2.05) is 54.2 Å². The van der Waals surface area contributed by atoms with E-state index < -0.39 is 17.4 Å². The Morgan fingerprint density at radius 1 is 1.09 bits per heavy atom. The average Bonchev–Trinajstić information content (AvgIpc) is 3.59. The molecule has 244 valence electrons. The zero-order valence-corrected chi connectivity index (χ0v) is 28.0. The van der Waals surface area contributed by atoms with Gasteiger partial charge in [-0.15, -0.1) is 0 Å². The second-order valence-corrected chi connectivity index (χ2v) is 14.1. The molecule has 1 aliphatic heterocycles. The number of benzene rings is 1. The fourth-order valence-electron chi connectivity index (χ4n) is 5.85. The Balaban J connectivity index is 1.09. The summed E-state index contributed by atoms with van der Waals surface area (Å²) in [5.41, 5.74) is 7.77. The first-order chi connectivity index (χ1) is 22.0. The molecule has 1 unspecified atom stereocenters. The van der Waals surface area contributed by atoms with Crippen molar-refractivity contribution in [3.05, 3.63) is 64.1 Å². The summed E-state index contributed by atoms with van der Waals surface area (Å²) in [5, 5.41) is 5.17. The summed E-state index contributed by atoms with van der Waals surface area (Å²) in [4.78, 5) is 45.3. The van der Waals surface area contributed by atoms with Gasteiger partial charge in [0.25, 0.3) is 5.91 Å². The van der Waals surface area contributed by atoms with E-state index >= 15 is 0 Å². The summed E-state index contributed by atoms with van der Waals surface area (Å²) >= 11 is 3.50. The summed E-state index contributed by atoms with van der Waals surface area (Å²) in [7, 11) is 0. The van der Waals surface area contributed by atoms with E-state index in [0.29, 0.717) is 47.9 Å². The number of rotatable bonds is 8. The van der Waals surface area contributed by atoms with Crippen LogP contribution in [0.2, 0.25) is 0 Å². The quantitative estimate of drug-likeness (QED) is 0.227. The molecule has 4 aromatic rings. The van der Waals surface area contributed by atoms with Gasteiger partial charge in [0.15, 0.2) is 6.23 Å². The van der Waals surface area contributed by atoms with E-state index in [1.165, 1.54) is 6.42 Å². The Labute approximate surface area is 275 Å². The van der Waals surface area contributed by atoms with Crippen LogP contribution in [0.5, 0.6) is 0 Å². The van der Waals surface area contributed by atoms with Crippen LogP contribution in [0.15, 0.2) is 47.3 Å². The highest BCUT2D eigenvalue weighted by Crippen LogP contribution is 2.31. The van der Waals surface area contributed by atoms with E-state index in [1.54, 1.807) is 23.4 Å². The number of nitrogens with one attached hydrogen (secondary N) is 2. The summed E-state index contributed by atoms with van der Waals surface area (Å²) in [6.07, 6.45) is 11.2. The molecule has 1 atom stereocenters. The molecule has 6 rings (SSSR count). The van der Waals surface area contributed by atoms with Crippen LogP contribution >= 0.6 is 15.9 Å². The van der Waals surface area contributed by atoms with Crippen molar-refractivity contribution in [2.45, 2.75) is 84.1 Å². The summed E-state index contributed by atoms with van der Waals surface area (Å²) in [5.74, 6) is -0.371. The predicted molar refractivity (Wildman–Crippen MR) is 175 cm³/mol. The Bertz CT molecular complexity index is 1750. The number of halogens is 1. The maximum Gasteiger partial charge on any atom is 0.410 e. The summed E-state index contributed by atoms with van der Waals surface area (Å²) < 4.78 is 16.0. The van der Waals surface area contributed by atoms with Crippen LogP contribution in [-0.4, -0.2) is 60.7 Å². The van der Waals surface area contributed by atoms with Crippen molar-refractivity contribution in [3.63, 3.8) is 0 Å². The minimum absolute atomic E-state index is 0.0339.